The van der Waals surface area contributed by atoms with Gasteiger partial charge in [-0.3, -0.25) is 0 Å². The van der Waals surface area contributed by atoms with Crippen molar-refractivity contribution in [3.05, 3.63) is 27.7 Å². The molecule has 1 aromatic rings. The Morgan fingerprint density at radius 2 is 2.25 bits per heavy atom. The predicted molar refractivity (Wildman–Crippen MR) is 56.1 cm³/mol. The minimum absolute atomic E-state index is 0.532. The minimum Gasteiger partial charge on any atom is -0.387 e. The van der Waals surface area contributed by atoms with E-state index in [2.05, 4.69) is 20.9 Å². The van der Waals surface area contributed by atoms with Crippen molar-refractivity contribution < 1.29 is 0 Å². The summed E-state index contributed by atoms with van der Waals surface area (Å²) in [4.78, 5) is 4.07. The molecule has 0 spiro atoms. The van der Waals surface area contributed by atoms with Crippen molar-refractivity contribution in [3.8, 4) is 0 Å². The van der Waals surface area contributed by atoms with Gasteiger partial charge in [-0.1, -0.05) is 11.6 Å². The second-order valence-electron chi connectivity index (χ2n) is 2.35. The summed E-state index contributed by atoms with van der Waals surface area (Å²) < 4.78 is 0.826. The van der Waals surface area contributed by atoms with Crippen molar-refractivity contribution in [1.29, 1.82) is 0 Å². The molecule has 0 aliphatic heterocycles. The first kappa shape index (κ1) is 9.55. The van der Waals surface area contributed by atoms with E-state index in [1.54, 1.807) is 13.0 Å². The Bertz CT molecular complexity index is 319. The lowest BCUT2D eigenvalue weighted by atomic mass is 10.3. The molecule has 0 bridgehead atoms. The molecule has 64 valence electrons. The highest BCUT2D eigenvalue weighted by atomic mass is 79.9. The van der Waals surface area contributed by atoms with E-state index in [1.165, 1.54) is 0 Å². The maximum atomic E-state index is 5.79. The molecule has 4 heteroatoms. The van der Waals surface area contributed by atoms with Crippen LogP contribution in [0.5, 0.6) is 0 Å². The summed E-state index contributed by atoms with van der Waals surface area (Å²) in [6, 6.07) is 5.40. The van der Waals surface area contributed by atoms with E-state index in [0.717, 1.165) is 10.2 Å². The number of amidine groups is 1. The topological polar surface area (TPSA) is 38.4 Å². The number of hydrogen-bond acceptors (Lipinski definition) is 1. The summed E-state index contributed by atoms with van der Waals surface area (Å²) in [5, 5.41) is 0.670. The Labute approximate surface area is 84.6 Å². The molecule has 0 radical (unpaired) electrons. The predicted octanol–water partition coefficient (Wildman–Crippen LogP) is 3.11. The molecule has 0 aliphatic rings. The third kappa shape index (κ3) is 2.50. The molecule has 2 nitrogen and oxygen atoms in total. The lowest BCUT2D eigenvalue weighted by molar-refractivity contribution is 1.44. The number of rotatable bonds is 1. The molecule has 0 heterocycles. The van der Waals surface area contributed by atoms with Crippen LogP contribution in [0.4, 0.5) is 5.69 Å². The highest BCUT2D eigenvalue weighted by Gasteiger charge is 1.96. The molecule has 1 aromatic carbocycles. The molecule has 12 heavy (non-hydrogen) atoms. The number of nitrogens with zero attached hydrogens (tertiary/aromatic N) is 1. The summed E-state index contributed by atoms with van der Waals surface area (Å²) in [6.07, 6.45) is 0. The summed E-state index contributed by atoms with van der Waals surface area (Å²) in [5.74, 6) is 0.532. The second kappa shape index (κ2) is 3.92. The molecule has 0 saturated heterocycles. The van der Waals surface area contributed by atoms with Gasteiger partial charge >= 0.3 is 0 Å². The molecule has 0 saturated carbocycles. The lowest BCUT2D eigenvalue weighted by Gasteiger charge is -1.97. The average Bonchev–Trinajstić information content (AvgIpc) is 1.96. The van der Waals surface area contributed by atoms with E-state index in [9.17, 15) is 0 Å². The molecule has 0 aromatic heterocycles. The van der Waals surface area contributed by atoms with Gasteiger partial charge in [0.05, 0.1) is 16.5 Å². The Balaban J connectivity index is 3.05. The van der Waals surface area contributed by atoms with E-state index < -0.39 is 0 Å². The van der Waals surface area contributed by atoms with Crippen LogP contribution in [0, 0.1) is 0 Å². The second-order valence-corrected chi connectivity index (χ2v) is 3.61. The third-order valence-corrected chi connectivity index (χ3v) is 2.42. The lowest BCUT2D eigenvalue weighted by Crippen LogP contribution is -2.03. The maximum Gasteiger partial charge on any atom is 0.0964 e. The van der Waals surface area contributed by atoms with E-state index in [0.29, 0.717) is 10.9 Å². The van der Waals surface area contributed by atoms with Crippen molar-refractivity contribution >= 4 is 39.1 Å². The quantitative estimate of drug-likeness (QED) is 0.601. The SMILES string of the molecule is CC(N)=Nc1ccc(Cl)c(Br)c1. The van der Waals surface area contributed by atoms with Gasteiger partial charge in [-0.05, 0) is 41.1 Å². The van der Waals surface area contributed by atoms with Gasteiger partial charge in [-0.25, -0.2) is 4.99 Å². The van der Waals surface area contributed by atoms with Crippen LogP contribution in [0.25, 0.3) is 0 Å². The van der Waals surface area contributed by atoms with Crippen LogP contribution < -0.4 is 5.73 Å². The monoisotopic (exact) mass is 246 g/mol. The van der Waals surface area contributed by atoms with Gasteiger partial charge < -0.3 is 5.73 Å². The van der Waals surface area contributed by atoms with E-state index >= 15 is 0 Å². The van der Waals surface area contributed by atoms with E-state index in [-0.39, 0.29) is 0 Å². The van der Waals surface area contributed by atoms with Gasteiger partial charge in [0.25, 0.3) is 0 Å². The molecule has 1 rings (SSSR count). The molecule has 0 unspecified atom stereocenters. The van der Waals surface area contributed by atoms with Crippen molar-refractivity contribution in [2.24, 2.45) is 10.7 Å². The molecule has 0 fully saturated rings. The summed E-state index contributed by atoms with van der Waals surface area (Å²) in [5.41, 5.74) is 6.21. The van der Waals surface area contributed by atoms with Crippen LogP contribution in [-0.2, 0) is 0 Å². The number of hydrogen-bond donors (Lipinski definition) is 1. The fraction of sp³-hybridized carbons (Fsp3) is 0.125. The Hall–Kier alpha value is -0.540. The van der Waals surface area contributed by atoms with Gasteiger partial charge in [0.15, 0.2) is 0 Å². The summed E-state index contributed by atoms with van der Waals surface area (Å²) in [6.45, 7) is 1.74. The zero-order valence-electron chi connectivity index (χ0n) is 6.51. The van der Waals surface area contributed by atoms with Crippen LogP contribution in [0.3, 0.4) is 0 Å². The van der Waals surface area contributed by atoms with Crippen molar-refractivity contribution in [1.82, 2.24) is 0 Å². The van der Waals surface area contributed by atoms with E-state index in [4.69, 9.17) is 17.3 Å². The highest BCUT2D eigenvalue weighted by molar-refractivity contribution is 9.10. The number of nitrogens with two attached hydrogens (primary N) is 1. The maximum absolute atomic E-state index is 5.79. The van der Waals surface area contributed by atoms with E-state index in [1.807, 2.05) is 12.1 Å². The summed E-state index contributed by atoms with van der Waals surface area (Å²) in [7, 11) is 0. The first-order valence-corrected chi connectivity index (χ1v) is 4.52. The molecular formula is C8H8BrClN2. The number of aliphatic imine (C=N–C) groups is 1. The molecular weight excluding hydrogens is 239 g/mol. The third-order valence-electron chi connectivity index (χ3n) is 1.21. The normalized spacial score (nSPS) is 11.8. The largest absolute Gasteiger partial charge is 0.387 e. The first-order valence-electron chi connectivity index (χ1n) is 3.35. The molecule has 0 atom stereocenters. The first-order chi connectivity index (χ1) is 5.59. The number of halogens is 2. The van der Waals surface area contributed by atoms with Gasteiger partial charge in [0.1, 0.15) is 0 Å². The zero-order valence-corrected chi connectivity index (χ0v) is 8.85. The fourth-order valence-electron chi connectivity index (χ4n) is 0.758. The van der Waals surface area contributed by atoms with Gasteiger partial charge in [-0.2, -0.15) is 0 Å². The Morgan fingerprint density at radius 1 is 1.58 bits per heavy atom. The fourth-order valence-corrected chi connectivity index (χ4v) is 1.24. The van der Waals surface area contributed by atoms with Crippen LogP contribution in [0.2, 0.25) is 5.02 Å². The highest BCUT2D eigenvalue weighted by Crippen LogP contribution is 2.26. The van der Waals surface area contributed by atoms with Crippen molar-refractivity contribution in [2.75, 3.05) is 0 Å². The van der Waals surface area contributed by atoms with Crippen LogP contribution in [-0.4, -0.2) is 5.84 Å². The van der Waals surface area contributed by atoms with Gasteiger partial charge in [0.2, 0.25) is 0 Å². The van der Waals surface area contributed by atoms with Gasteiger partial charge in [0, 0.05) is 4.47 Å². The smallest absolute Gasteiger partial charge is 0.0964 e. The van der Waals surface area contributed by atoms with Crippen molar-refractivity contribution in [3.63, 3.8) is 0 Å². The van der Waals surface area contributed by atoms with Crippen molar-refractivity contribution in [2.45, 2.75) is 6.92 Å². The Kier molecular flexibility index (Phi) is 3.12. The van der Waals surface area contributed by atoms with Gasteiger partial charge in [-0.15, -0.1) is 0 Å². The Morgan fingerprint density at radius 3 is 2.75 bits per heavy atom. The minimum atomic E-state index is 0.532. The van der Waals surface area contributed by atoms with Crippen LogP contribution in [0.15, 0.2) is 27.7 Å². The molecule has 2 N–H and O–H groups in total. The molecule has 0 aliphatic carbocycles. The standard InChI is InChI=1S/C8H8BrClN2/c1-5(11)12-6-2-3-8(10)7(9)4-6/h2-4H,1H3,(H2,11,12). The molecule has 0 amide bonds. The average molecular weight is 248 g/mol. The summed E-state index contributed by atoms with van der Waals surface area (Å²) >= 11 is 9.08. The number of benzene rings is 1. The van der Waals surface area contributed by atoms with Crippen LogP contribution >= 0.6 is 27.5 Å². The van der Waals surface area contributed by atoms with Crippen LogP contribution in [0.1, 0.15) is 6.92 Å². The zero-order chi connectivity index (χ0) is 9.14.